The number of thiocarbonyl (C=S) groups is 1. The molecule has 4 nitrogen and oxygen atoms in total. The lowest BCUT2D eigenvalue weighted by atomic mass is 9.69. The molecule has 1 aliphatic heterocycles. The summed E-state index contributed by atoms with van der Waals surface area (Å²) in [7, 11) is 0. The van der Waals surface area contributed by atoms with Crippen LogP contribution in [0.2, 0.25) is 0 Å². The van der Waals surface area contributed by atoms with Gasteiger partial charge in [-0.15, -0.1) is 0 Å². The molecule has 2 rings (SSSR count). The van der Waals surface area contributed by atoms with Crippen molar-refractivity contribution in [2.24, 2.45) is 11.3 Å². The largest absolute Gasteiger partial charge is 0.302 e. The van der Waals surface area contributed by atoms with Gasteiger partial charge in [-0.25, -0.2) is 0 Å². The van der Waals surface area contributed by atoms with Gasteiger partial charge >= 0.3 is 0 Å². The van der Waals surface area contributed by atoms with Crippen molar-refractivity contribution in [3.63, 3.8) is 0 Å². The molecule has 0 saturated carbocycles. The normalized spacial score (nSPS) is 26.9. The zero-order valence-electron chi connectivity index (χ0n) is 9.79. The lowest BCUT2D eigenvalue weighted by molar-refractivity contribution is -0.147. The van der Waals surface area contributed by atoms with E-state index in [1.165, 1.54) is 0 Å². The summed E-state index contributed by atoms with van der Waals surface area (Å²) in [5.41, 5.74) is -0.968. The van der Waals surface area contributed by atoms with Crippen molar-refractivity contribution in [2.75, 3.05) is 0 Å². The van der Waals surface area contributed by atoms with E-state index in [2.05, 4.69) is 10.6 Å². The molecule has 1 heterocycles. The molecule has 2 amide bonds. The van der Waals surface area contributed by atoms with Crippen molar-refractivity contribution in [2.45, 2.75) is 32.6 Å². The minimum Gasteiger partial charge on any atom is -0.302 e. The Balaban J connectivity index is 2.37. The van der Waals surface area contributed by atoms with E-state index in [1.54, 1.807) is 0 Å². The van der Waals surface area contributed by atoms with Crippen LogP contribution in [0.15, 0.2) is 12.2 Å². The van der Waals surface area contributed by atoms with Crippen LogP contribution in [-0.2, 0) is 9.59 Å². The van der Waals surface area contributed by atoms with Crippen LogP contribution in [0.3, 0.4) is 0 Å². The second-order valence-corrected chi connectivity index (χ2v) is 4.98. The summed E-state index contributed by atoms with van der Waals surface area (Å²) in [6.45, 7) is 1.98. The van der Waals surface area contributed by atoms with Crippen LogP contribution in [0.4, 0.5) is 0 Å². The predicted octanol–water partition coefficient (Wildman–Crippen LogP) is 1.27. The quantitative estimate of drug-likeness (QED) is 0.452. The summed E-state index contributed by atoms with van der Waals surface area (Å²) in [4.78, 5) is 24.4. The standard InChI is InChI=1S/C12H16N2O2S/c1-2-7-12(8-5-3-4-6-8)9(15)13-11(17)14-10(12)16/h3,5,8H,2,4,6-7H2,1H3,(H2,13,14,15,16,17). The van der Waals surface area contributed by atoms with Gasteiger partial charge in [0.1, 0.15) is 5.41 Å². The van der Waals surface area contributed by atoms with Crippen molar-refractivity contribution < 1.29 is 9.59 Å². The minimum atomic E-state index is -0.968. The van der Waals surface area contributed by atoms with E-state index in [0.717, 1.165) is 19.3 Å². The first kappa shape index (κ1) is 12.2. The molecule has 0 aromatic heterocycles. The number of amides is 2. The molecule has 92 valence electrons. The second kappa shape index (κ2) is 4.56. The molecule has 0 aromatic carbocycles. The van der Waals surface area contributed by atoms with Crippen LogP contribution in [0, 0.1) is 11.3 Å². The van der Waals surface area contributed by atoms with E-state index in [4.69, 9.17) is 12.2 Å². The molecule has 0 spiro atoms. The number of hydrogen-bond acceptors (Lipinski definition) is 3. The van der Waals surface area contributed by atoms with E-state index < -0.39 is 5.41 Å². The Kier molecular flexibility index (Phi) is 3.28. The molecule has 2 aliphatic rings. The van der Waals surface area contributed by atoms with Crippen LogP contribution in [0.1, 0.15) is 32.6 Å². The summed E-state index contributed by atoms with van der Waals surface area (Å²) >= 11 is 4.84. The predicted molar refractivity (Wildman–Crippen MR) is 68.1 cm³/mol. The first-order valence-electron chi connectivity index (χ1n) is 5.94. The zero-order valence-corrected chi connectivity index (χ0v) is 10.6. The summed E-state index contributed by atoms with van der Waals surface area (Å²) in [6.07, 6.45) is 7.16. The average Bonchev–Trinajstić information content (AvgIpc) is 2.77. The minimum absolute atomic E-state index is 0.00875. The van der Waals surface area contributed by atoms with Crippen molar-refractivity contribution in [3.05, 3.63) is 12.2 Å². The van der Waals surface area contributed by atoms with Gasteiger partial charge in [0.15, 0.2) is 5.11 Å². The van der Waals surface area contributed by atoms with Gasteiger partial charge in [0, 0.05) is 5.92 Å². The zero-order chi connectivity index (χ0) is 12.5. The summed E-state index contributed by atoms with van der Waals surface area (Å²) in [5.74, 6) is -0.500. The van der Waals surface area contributed by atoms with E-state index in [-0.39, 0.29) is 22.8 Å². The van der Waals surface area contributed by atoms with E-state index in [1.807, 2.05) is 19.1 Å². The average molecular weight is 252 g/mol. The number of allylic oxidation sites excluding steroid dienone is 2. The number of carbonyl (C=O) groups is 2. The lowest BCUT2D eigenvalue weighted by Crippen LogP contribution is -2.64. The van der Waals surface area contributed by atoms with Gasteiger partial charge in [0.2, 0.25) is 11.8 Å². The molecule has 1 saturated heterocycles. The van der Waals surface area contributed by atoms with Crippen molar-refractivity contribution in [3.8, 4) is 0 Å². The smallest absolute Gasteiger partial charge is 0.242 e. The van der Waals surface area contributed by atoms with Gasteiger partial charge in [0.25, 0.3) is 0 Å². The van der Waals surface area contributed by atoms with Gasteiger partial charge in [-0.05, 0) is 31.5 Å². The van der Waals surface area contributed by atoms with Gasteiger partial charge in [0.05, 0.1) is 0 Å². The van der Waals surface area contributed by atoms with Crippen LogP contribution in [0.25, 0.3) is 0 Å². The highest BCUT2D eigenvalue weighted by Crippen LogP contribution is 2.41. The Bertz CT molecular complexity index is 383. The number of carbonyl (C=O) groups excluding carboxylic acids is 2. The van der Waals surface area contributed by atoms with Crippen LogP contribution < -0.4 is 10.6 Å². The van der Waals surface area contributed by atoms with Gasteiger partial charge < -0.3 is 10.6 Å². The molecule has 1 atom stereocenters. The van der Waals surface area contributed by atoms with Gasteiger partial charge in [-0.3, -0.25) is 9.59 Å². The van der Waals surface area contributed by atoms with Crippen molar-refractivity contribution >= 4 is 29.1 Å². The molecular weight excluding hydrogens is 236 g/mol. The van der Waals surface area contributed by atoms with E-state index in [9.17, 15) is 9.59 Å². The Morgan fingerprint density at radius 3 is 2.53 bits per heavy atom. The highest BCUT2D eigenvalue weighted by Gasteiger charge is 2.53. The van der Waals surface area contributed by atoms with E-state index >= 15 is 0 Å². The second-order valence-electron chi connectivity index (χ2n) is 4.57. The fourth-order valence-electron chi connectivity index (χ4n) is 2.75. The highest BCUT2D eigenvalue weighted by molar-refractivity contribution is 7.80. The monoisotopic (exact) mass is 252 g/mol. The maximum atomic E-state index is 12.2. The Hall–Kier alpha value is -1.23. The Labute approximate surface area is 106 Å². The fourth-order valence-corrected chi connectivity index (χ4v) is 2.94. The molecular formula is C12H16N2O2S. The summed E-state index contributed by atoms with van der Waals surface area (Å²) < 4.78 is 0. The molecule has 1 fully saturated rings. The maximum Gasteiger partial charge on any atom is 0.242 e. The van der Waals surface area contributed by atoms with Crippen LogP contribution in [-0.4, -0.2) is 16.9 Å². The first-order valence-corrected chi connectivity index (χ1v) is 6.35. The third-order valence-electron chi connectivity index (χ3n) is 3.55. The number of rotatable bonds is 3. The highest BCUT2D eigenvalue weighted by atomic mass is 32.1. The fraction of sp³-hybridized carbons (Fsp3) is 0.583. The Morgan fingerprint density at radius 2 is 2.06 bits per heavy atom. The van der Waals surface area contributed by atoms with Gasteiger partial charge in [-0.2, -0.15) is 0 Å². The summed E-state index contributed by atoms with van der Waals surface area (Å²) in [5, 5.41) is 5.30. The molecule has 17 heavy (non-hydrogen) atoms. The molecule has 5 heteroatoms. The molecule has 0 bridgehead atoms. The molecule has 1 unspecified atom stereocenters. The third kappa shape index (κ3) is 1.88. The summed E-state index contributed by atoms with van der Waals surface area (Å²) in [6, 6.07) is 0. The molecule has 0 radical (unpaired) electrons. The molecule has 0 aromatic rings. The topological polar surface area (TPSA) is 58.2 Å². The lowest BCUT2D eigenvalue weighted by Gasteiger charge is -2.38. The van der Waals surface area contributed by atoms with Crippen molar-refractivity contribution in [1.82, 2.24) is 10.6 Å². The SMILES string of the molecule is CCCC1(C2C=CCC2)C(=O)NC(=S)NC1=O. The third-order valence-corrected chi connectivity index (χ3v) is 3.76. The van der Waals surface area contributed by atoms with Gasteiger partial charge in [-0.1, -0.05) is 25.5 Å². The number of hydrogen-bond donors (Lipinski definition) is 2. The van der Waals surface area contributed by atoms with Crippen LogP contribution in [0.5, 0.6) is 0 Å². The maximum absolute atomic E-state index is 12.2. The first-order chi connectivity index (χ1) is 8.11. The van der Waals surface area contributed by atoms with Crippen molar-refractivity contribution in [1.29, 1.82) is 0 Å². The molecule has 2 N–H and O–H groups in total. The van der Waals surface area contributed by atoms with E-state index in [0.29, 0.717) is 6.42 Å². The Morgan fingerprint density at radius 1 is 1.41 bits per heavy atom. The number of nitrogens with one attached hydrogen (secondary N) is 2. The molecule has 1 aliphatic carbocycles. The van der Waals surface area contributed by atoms with Crippen LogP contribution >= 0.6 is 12.2 Å².